The van der Waals surface area contributed by atoms with E-state index in [0.29, 0.717) is 13.1 Å². The first kappa shape index (κ1) is 19.4. The number of likely N-dealkylation sites (tertiary alicyclic amines) is 1. The highest BCUT2D eigenvalue weighted by atomic mass is 32.2. The molecule has 0 N–H and O–H groups in total. The quantitative estimate of drug-likeness (QED) is 0.732. The van der Waals surface area contributed by atoms with Crippen LogP contribution in [0.4, 0.5) is 4.39 Å². The van der Waals surface area contributed by atoms with E-state index < -0.39 is 21.6 Å². The summed E-state index contributed by atoms with van der Waals surface area (Å²) in [6, 6.07) is 4.68. The SMILES string of the molecule is CC(CS(=O)(=O)c1ccc(F)cc1)C(=O)N1CCC(c2cnccn2)CC1. The topological polar surface area (TPSA) is 80.2 Å². The number of carbonyl (C=O) groups is 1. The van der Waals surface area contributed by atoms with E-state index in [9.17, 15) is 17.6 Å². The van der Waals surface area contributed by atoms with Gasteiger partial charge in [0.25, 0.3) is 0 Å². The van der Waals surface area contributed by atoms with Gasteiger partial charge >= 0.3 is 0 Å². The maximum atomic E-state index is 13.0. The molecular formula is C19H22FN3O3S. The molecule has 3 rings (SSSR count). The number of halogens is 1. The Morgan fingerprint density at radius 2 is 1.89 bits per heavy atom. The van der Waals surface area contributed by atoms with Gasteiger partial charge in [0, 0.05) is 43.5 Å². The predicted molar refractivity (Wildman–Crippen MR) is 98.2 cm³/mol. The molecular weight excluding hydrogens is 369 g/mol. The summed E-state index contributed by atoms with van der Waals surface area (Å²) in [7, 11) is -3.65. The van der Waals surface area contributed by atoms with Gasteiger partial charge in [0.1, 0.15) is 5.82 Å². The van der Waals surface area contributed by atoms with Gasteiger partial charge in [-0.1, -0.05) is 6.92 Å². The van der Waals surface area contributed by atoms with Crippen LogP contribution >= 0.6 is 0 Å². The van der Waals surface area contributed by atoms with E-state index in [4.69, 9.17) is 0 Å². The van der Waals surface area contributed by atoms with E-state index in [-0.39, 0.29) is 22.5 Å². The molecule has 27 heavy (non-hydrogen) atoms. The molecule has 2 heterocycles. The Morgan fingerprint density at radius 1 is 1.22 bits per heavy atom. The van der Waals surface area contributed by atoms with E-state index in [1.807, 2.05) is 0 Å². The van der Waals surface area contributed by atoms with Gasteiger partial charge in [-0.3, -0.25) is 14.8 Å². The van der Waals surface area contributed by atoms with Crippen LogP contribution < -0.4 is 0 Å². The molecule has 0 spiro atoms. The maximum absolute atomic E-state index is 13.0. The minimum Gasteiger partial charge on any atom is -0.342 e. The van der Waals surface area contributed by atoms with Crippen LogP contribution in [-0.4, -0.2) is 48.0 Å². The van der Waals surface area contributed by atoms with E-state index in [2.05, 4.69) is 9.97 Å². The van der Waals surface area contributed by atoms with Crippen molar-refractivity contribution in [1.82, 2.24) is 14.9 Å². The summed E-state index contributed by atoms with van der Waals surface area (Å²) in [5, 5.41) is 0. The fourth-order valence-corrected chi connectivity index (χ4v) is 4.91. The van der Waals surface area contributed by atoms with Crippen molar-refractivity contribution in [1.29, 1.82) is 0 Å². The molecule has 1 atom stereocenters. The summed E-state index contributed by atoms with van der Waals surface area (Å²) >= 11 is 0. The largest absolute Gasteiger partial charge is 0.342 e. The van der Waals surface area contributed by atoms with Crippen LogP contribution in [0.3, 0.4) is 0 Å². The lowest BCUT2D eigenvalue weighted by atomic mass is 9.93. The zero-order chi connectivity index (χ0) is 19.4. The van der Waals surface area contributed by atoms with Crippen molar-refractivity contribution in [2.75, 3.05) is 18.8 Å². The van der Waals surface area contributed by atoms with Crippen molar-refractivity contribution >= 4 is 15.7 Å². The number of piperidine rings is 1. The average molecular weight is 391 g/mol. The second-order valence-electron chi connectivity index (χ2n) is 6.87. The summed E-state index contributed by atoms with van der Waals surface area (Å²) < 4.78 is 37.9. The molecule has 1 unspecified atom stereocenters. The van der Waals surface area contributed by atoms with Gasteiger partial charge in [-0.25, -0.2) is 12.8 Å². The molecule has 1 amide bonds. The lowest BCUT2D eigenvalue weighted by Gasteiger charge is -2.33. The standard InChI is InChI=1S/C19H22FN3O3S/c1-14(13-27(25,26)17-4-2-16(20)3-5-17)19(24)23-10-6-15(7-11-23)18-12-21-8-9-22-18/h2-5,8-9,12,14-15H,6-7,10-11,13H2,1H3. The fraction of sp³-hybridized carbons (Fsp3) is 0.421. The third-order valence-electron chi connectivity index (χ3n) is 4.87. The Bertz CT molecular complexity index is 880. The normalized spacial score (nSPS) is 16.9. The Labute approximate surface area is 158 Å². The highest BCUT2D eigenvalue weighted by molar-refractivity contribution is 7.91. The van der Waals surface area contributed by atoms with Crippen LogP contribution in [0.5, 0.6) is 0 Å². The molecule has 0 bridgehead atoms. The van der Waals surface area contributed by atoms with Gasteiger partial charge in [0.2, 0.25) is 5.91 Å². The van der Waals surface area contributed by atoms with Gasteiger partial charge in [0.05, 0.1) is 16.3 Å². The molecule has 0 radical (unpaired) electrons. The minimum absolute atomic E-state index is 0.0323. The molecule has 1 fully saturated rings. The van der Waals surface area contributed by atoms with Crippen molar-refractivity contribution in [2.24, 2.45) is 5.92 Å². The number of benzene rings is 1. The predicted octanol–water partition coefficient (Wildman–Crippen LogP) is 2.43. The molecule has 1 aromatic carbocycles. The number of hydrogen-bond acceptors (Lipinski definition) is 5. The molecule has 0 saturated carbocycles. The van der Waals surface area contributed by atoms with Crippen LogP contribution in [0.1, 0.15) is 31.4 Å². The summed E-state index contributed by atoms with van der Waals surface area (Å²) in [5.74, 6) is -1.35. The van der Waals surface area contributed by atoms with Gasteiger partial charge in [-0.15, -0.1) is 0 Å². The molecule has 1 aliphatic rings. The van der Waals surface area contributed by atoms with Gasteiger partial charge in [0.15, 0.2) is 9.84 Å². The maximum Gasteiger partial charge on any atom is 0.226 e. The first-order valence-corrected chi connectivity index (χ1v) is 10.5. The molecule has 1 saturated heterocycles. The Kier molecular flexibility index (Phi) is 5.84. The third kappa shape index (κ3) is 4.68. The summed E-state index contributed by atoms with van der Waals surface area (Å²) in [6.45, 7) is 2.76. The van der Waals surface area contributed by atoms with E-state index >= 15 is 0 Å². The number of carbonyl (C=O) groups excluding carboxylic acids is 1. The lowest BCUT2D eigenvalue weighted by Crippen LogP contribution is -2.42. The number of rotatable bonds is 5. The van der Waals surface area contributed by atoms with Crippen LogP contribution in [-0.2, 0) is 14.6 Å². The summed E-state index contributed by atoms with van der Waals surface area (Å²) in [4.78, 5) is 22.8. The zero-order valence-corrected chi connectivity index (χ0v) is 15.9. The van der Waals surface area contributed by atoms with E-state index in [0.717, 1.165) is 30.7 Å². The minimum atomic E-state index is -3.65. The highest BCUT2D eigenvalue weighted by Crippen LogP contribution is 2.27. The lowest BCUT2D eigenvalue weighted by molar-refractivity contribution is -0.135. The number of amides is 1. The van der Waals surface area contributed by atoms with Crippen molar-refractivity contribution in [2.45, 2.75) is 30.6 Å². The summed E-state index contributed by atoms with van der Waals surface area (Å²) in [6.07, 6.45) is 6.60. The second kappa shape index (κ2) is 8.12. The monoisotopic (exact) mass is 391 g/mol. The Hall–Kier alpha value is -2.35. The molecule has 1 aliphatic heterocycles. The average Bonchev–Trinajstić information content (AvgIpc) is 2.68. The van der Waals surface area contributed by atoms with Crippen LogP contribution in [0.25, 0.3) is 0 Å². The first-order chi connectivity index (χ1) is 12.9. The van der Waals surface area contributed by atoms with Crippen LogP contribution in [0, 0.1) is 11.7 Å². The Morgan fingerprint density at radius 3 is 2.48 bits per heavy atom. The second-order valence-corrected chi connectivity index (χ2v) is 8.90. The van der Waals surface area contributed by atoms with Gasteiger partial charge in [-0.2, -0.15) is 0 Å². The number of nitrogens with zero attached hydrogens (tertiary/aromatic N) is 3. The van der Waals surface area contributed by atoms with Crippen molar-refractivity contribution < 1.29 is 17.6 Å². The molecule has 144 valence electrons. The van der Waals surface area contributed by atoms with E-state index in [1.54, 1.807) is 30.4 Å². The smallest absolute Gasteiger partial charge is 0.226 e. The highest BCUT2D eigenvalue weighted by Gasteiger charge is 2.30. The summed E-state index contributed by atoms with van der Waals surface area (Å²) in [5.41, 5.74) is 0.927. The number of sulfone groups is 1. The Balaban J connectivity index is 1.59. The van der Waals surface area contributed by atoms with Crippen LogP contribution in [0.15, 0.2) is 47.8 Å². The molecule has 1 aromatic heterocycles. The van der Waals surface area contributed by atoms with Gasteiger partial charge in [-0.05, 0) is 37.1 Å². The van der Waals surface area contributed by atoms with Crippen molar-refractivity contribution in [3.63, 3.8) is 0 Å². The van der Waals surface area contributed by atoms with Gasteiger partial charge < -0.3 is 4.90 Å². The number of hydrogen-bond donors (Lipinski definition) is 0. The van der Waals surface area contributed by atoms with Crippen LogP contribution in [0.2, 0.25) is 0 Å². The van der Waals surface area contributed by atoms with Crippen molar-refractivity contribution in [3.8, 4) is 0 Å². The van der Waals surface area contributed by atoms with E-state index in [1.165, 1.54) is 12.1 Å². The zero-order valence-electron chi connectivity index (χ0n) is 15.1. The third-order valence-corrected chi connectivity index (χ3v) is 6.80. The van der Waals surface area contributed by atoms with Crippen molar-refractivity contribution in [3.05, 3.63) is 54.4 Å². The molecule has 0 aliphatic carbocycles. The number of aromatic nitrogens is 2. The molecule has 2 aromatic rings. The molecule has 6 nitrogen and oxygen atoms in total. The fourth-order valence-electron chi connectivity index (χ4n) is 3.37. The molecule has 8 heteroatoms. The first-order valence-electron chi connectivity index (χ1n) is 8.90.